The lowest BCUT2D eigenvalue weighted by atomic mass is 10.1. The number of rotatable bonds is 5. The molecule has 2 N–H and O–H groups in total. The maximum Gasteiger partial charge on any atom is 0.0636 e. The zero-order valence-corrected chi connectivity index (χ0v) is 8.63. The lowest BCUT2D eigenvalue weighted by Crippen LogP contribution is -2.37. The molecule has 0 aromatic carbocycles. The number of piperidine rings is 1. The zero-order valence-electron chi connectivity index (χ0n) is 8.63. The predicted molar refractivity (Wildman–Crippen MR) is 54.8 cm³/mol. The molecule has 3 nitrogen and oxygen atoms in total. The van der Waals surface area contributed by atoms with E-state index < -0.39 is 0 Å². The van der Waals surface area contributed by atoms with Crippen molar-refractivity contribution in [3.05, 3.63) is 0 Å². The Balaban J connectivity index is 1.92. The second-order valence-electron chi connectivity index (χ2n) is 3.96. The molecule has 0 aromatic heterocycles. The quantitative estimate of drug-likeness (QED) is 0.612. The molecule has 78 valence electrons. The van der Waals surface area contributed by atoms with Crippen LogP contribution in [0.15, 0.2) is 0 Å². The standard InChI is InChI=1S/C10H22N2O/c1-10(13)9-11-5-8-12-6-3-2-4-7-12/h10-11,13H,2-9H2,1H3/t10-/m1/s1. The second-order valence-corrected chi connectivity index (χ2v) is 3.96. The van der Waals surface area contributed by atoms with Crippen molar-refractivity contribution in [1.82, 2.24) is 10.2 Å². The van der Waals surface area contributed by atoms with Gasteiger partial charge in [0.15, 0.2) is 0 Å². The minimum absolute atomic E-state index is 0.221. The van der Waals surface area contributed by atoms with Gasteiger partial charge >= 0.3 is 0 Å². The summed E-state index contributed by atoms with van der Waals surface area (Å²) in [7, 11) is 0. The number of hydrogen-bond acceptors (Lipinski definition) is 3. The maximum atomic E-state index is 9.01. The predicted octanol–water partition coefficient (Wildman–Crippen LogP) is 0.443. The van der Waals surface area contributed by atoms with Crippen LogP contribution < -0.4 is 5.32 Å². The Morgan fingerprint density at radius 1 is 1.31 bits per heavy atom. The van der Waals surface area contributed by atoms with Crippen LogP contribution in [0.25, 0.3) is 0 Å². The van der Waals surface area contributed by atoms with E-state index in [2.05, 4.69) is 10.2 Å². The Morgan fingerprint density at radius 3 is 2.62 bits per heavy atom. The first-order valence-corrected chi connectivity index (χ1v) is 5.40. The highest BCUT2D eigenvalue weighted by molar-refractivity contribution is 4.65. The fourth-order valence-electron chi connectivity index (χ4n) is 1.73. The number of aliphatic hydroxyl groups is 1. The van der Waals surface area contributed by atoms with Crippen LogP contribution in [-0.2, 0) is 0 Å². The van der Waals surface area contributed by atoms with Gasteiger partial charge in [-0.25, -0.2) is 0 Å². The molecule has 1 fully saturated rings. The van der Waals surface area contributed by atoms with Gasteiger partial charge in [-0.2, -0.15) is 0 Å². The third-order valence-corrected chi connectivity index (χ3v) is 2.49. The van der Waals surface area contributed by atoms with E-state index in [1.165, 1.54) is 32.4 Å². The summed E-state index contributed by atoms with van der Waals surface area (Å²) < 4.78 is 0. The first-order chi connectivity index (χ1) is 6.29. The van der Waals surface area contributed by atoms with Gasteiger partial charge in [0.2, 0.25) is 0 Å². The number of hydrogen-bond donors (Lipinski definition) is 2. The Labute approximate surface area is 81.1 Å². The molecule has 0 bridgehead atoms. The van der Waals surface area contributed by atoms with Crippen molar-refractivity contribution in [1.29, 1.82) is 0 Å². The molecule has 1 aliphatic rings. The van der Waals surface area contributed by atoms with E-state index in [9.17, 15) is 0 Å². The average molecular weight is 186 g/mol. The highest BCUT2D eigenvalue weighted by atomic mass is 16.3. The molecular weight excluding hydrogens is 164 g/mol. The van der Waals surface area contributed by atoms with E-state index in [-0.39, 0.29) is 6.10 Å². The summed E-state index contributed by atoms with van der Waals surface area (Å²) in [6, 6.07) is 0. The molecule has 1 aliphatic heterocycles. The van der Waals surface area contributed by atoms with Crippen LogP contribution in [0.2, 0.25) is 0 Å². The summed E-state index contributed by atoms with van der Waals surface area (Å²) >= 11 is 0. The van der Waals surface area contributed by atoms with Crippen LogP contribution in [0.4, 0.5) is 0 Å². The minimum atomic E-state index is -0.221. The van der Waals surface area contributed by atoms with Crippen LogP contribution in [0, 0.1) is 0 Å². The lowest BCUT2D eigenvalue weighted by Gasteiger charge is -2.26. The smallest absolute Gasteiger partial charge is 0.0636 e. The van der Waals surface area contributed by atoms with Crippen LogP contribution in [0.1, 0.15) is 26.2 Å². The van der Waals surface area contributed by atoms with Crippen molar-refractivity contribution in [2.24, 2.45) is 0 Å². The summed E-state index contributed by atoms with van der Waals surface area (Å²) in [5.41, 5.74) is 0. The highest BCUT2D eigenvalue weighted by Gasteiger charge is 2.08. The van der Waals surface area contributed by atoms with E-state index >= 15 is 0 Å². The normalized spacial score (nSPS) is 21.7. The first kappa shape index (κ1) is 11.0. The van der Waals surface area contributed by atoms with Gasteiger partial charge in [0, 0.05) is 19.6 Å². The van der Waals surface area contributed by atoms with E-state index in [1.807, 2.05) is 6.92 Å². The SMILES string of the molecule is C[C@@H](O)CNCCN1CCCCC1. The number of nitrogens with zero attached hydrogens (tertiary/aromatic N) is 1. The van der Waals surface area contributed by atoms with Crippen LogP contribution >= 0.6 is 0 Å². The summed E-state index contributed by atoms with van der Waals surface area (Å²) in [5, 5.41) is 12.3. The summed E-state index contributed by atoms with van der Waals surface area (Å²) in [6.07, 6.45) is 3.89. The summed E-state index contributed by atoms with van der Waals surface area (Å²) in [6.45, 7) is 7.19. The van der Waals surface area contributed by atoms with Crippen molar-refractivity contribution in [3.8, 4) is 0 Å². The van der Waals surface area contributed by atoms with Crippen molar-refractivity contribution in [3.63, 3.8) is 0 Å². The van der Waals surface area contributed by atoms with Gasteiger partial charge in [-0.15, -0.1) is 0 Å². The molecule has 0 saturated carbocycles. The molecule has 0 radical (unpaired) electrons. The molecule has 1 atom stereocenters. The topological polar surface area (TPSA) is 35.5 Å². The van der Waals surface area contributed by atoms with Crippen LogP contribution in [-0.4, -0.2) is 48.8 Å². The Hall–Kier alpha value is -0.120. The average Bonchev–Trinajstić information content (AvgIpc) is 2.14. The molecule has 1 heterocycles. The molecule has 0 aliphatic carbocycles. The molecule has 0 unspecified atom stereocenters. The summed E-state index contributed by atoms with van der Waals surface area (Å²) in [4.78, 5) is 2.50. The maximum absolute atomic E-state index is 9.01. The van der Waals surface area contributed by atoms with Crippen molar-refractivity contribution < 1.29 is 5.11 Å². The van der Waals surface area contributed by atoms with Gasteiger partial charge < -0.3 is 15.3 Å². The van der Waals surface area contributed by atoms with E-state index in [0.29, 0.717) is 6.54 Å². The highest BCUT2D eigenvalue weighted by Crippen LogP contribution is 2.07. The lowest BCUT2D eigenvalue weighted by molar-refractivity contribution is 0.184. The molecule has 13 heavy (non-hydrogen) atoms. The monoisotopic (exact) mass is 186 g/mol. The van der Waals surface area contributed by atoms with E-state index in [0.717, 1.165) is 13.1 Å². The largest absolute Gasteiger partial charge is 0.392 e. The van der Waals surface area contributed by atoms with Crippen LogP contribution in [0.3, 0.4) is 0 Å². The third-order valence-electron chi connectivity index (χ3n) is 2.49. The fraction of sp³-hybridized carbons (Fsp3) is 1.00. The molecule has 0 spiro atoms. The van der Waals surface area contributed by atoms with Crippen molar-refractivity contribution in [2.75, 3.05) is 32.7 Å². The van der Waals surface area contributed by atoms with Gasteiger partial charge in [-0.1, -0.05) is 6.42 Å². The van der Waals surface area contributed by atoms with Gasteiger partial charge in [0.1, 0.15) is 0 Å². The van der Waals surface area contributed by atoms with Gasteiger partial charge in [-0.05, 0) is 32.9 Å². The molecular formula is C10H22N2O. The molecule has 0 amide bonds. The van der Waals surface area contributed by atoms with Gasteiger partial charge in [0.05, 0.1) is 6.10 Å². The fourth-order valence-corrected chi connectivity index (χ4v) is 1.73. The zero-order chi connectivity index (χ0) is 9.52. The molecule has 1 rings (SSSR count). The summed E-state index contributed by atoms with van der Waals surface area (Å²) in [5.74, 6) is 0. The Morgan fingerprint density at radius 2 is 2.00 bits per heavy atom. The number of nitrogens with one attached hydrogen (secondary N) is 1. The second kappa shape index (κ2) is 6.35. The Kier molecular flexibility index (Phi) is 5.35. The van der Waals surface area contributed by atoms with Crippen molar-refractivity contribution >= 4 is 0 Å². The number of likely N-dealkylation sites (tertiary alicyclic amines) is 1. The molecule has 0 aromatic rings. The van der Waals surface area contributed by atoms with Gasteiger partial charge in [-0.3, -0.25) is 0 Å². The Bertz CT molecular complexity index is 122. The minimum Gasteiger partial charge on any atom is -0.392 e. The van der Waals surface area contributed by atoms with Gasteiger partial charge in [0.25, 0.3) is 0 Å². The number of aliphatic hydroxyl groups excluding tert-OH is 1. The molecule has 3 heteroatoms. The molecule has 1 saturated heterocycles. The van der Waals surface area contributed by atoms with E-state index in [1.54, 1.807) is 0 Å². The third kappa shape index (κ3) is 5.24. The van der Waals surface area contributed by atoms with E-state index in [4.69, 9.17) is 5.11 Å². The van der Waals surface area contributed by atoms with Crippen LogP contribution in [0.5, 0.6) is 0 Å². The first-order valence-electron chi connectivity index (χ1n) is 5.40. The van der Waals surface area contributed by atoms with Crippen molar-refractivity contribution in [2.45, 2.75) is 32.3 Å².